The summed E-state index contributed by atoms with van der Waals surface area (Å²) in [4.78, 5) is 20.4. The van der Waals surface area contributed by atoms with Gasteiger partial charge in [-0.05, 0) is 6.42 Å². The van der Waals surface area contributed by atoms with Crippen LogP contribution in [0.3, 0.4) is 0 Å². The van der Waals surface area contributed by atoms with Crippen molar-refractivity contribution in [1.29, 1.82) is 0 Å². The Bertz CT molecular complexity index is 466. The first-order valence-corrected chi connectivity index (χ1v) is 7.62. The van der Waals surface area contributed by atoms with Crippen molar-refractivity contribution in [2.24, 2.45) is 0 Å². The molecule has 3 N–H and O–H groups in total. The van der Waals surface area contributed by atoms with Gasteiger partial charge in [-0.25, -0.2) is 4.98 Å². The van der Waals surface area contributed by atoms with Crippen molar-refractivity contribution in [3.8, 4) is 0 Å². The monoisotopic (exact) mass is 316 g/mol. The molecule has 1 atom stereocenters. The Morgan fingerprint density at radius 3 is 2.76 bits per heavy atom. The molecular formula is C13H24N4O3S. The highest BCUT2D eigenvalue weighted by Gasteiger charge is 2.22. The van der Waals surface area contributed by atoms with Crippen molar-refractivity contribution in [1.82, 2.24) is 9.88 Å². The number of hydrogen-bond donors (Lipinski definition) is 2. The van der Waals surface area contributed by atoms with Crippen molar-refractivity contribution in [3.63, 3.8) is 0 Å². The average Bonchev–Trinajstić information content (AvgIpc) is 2.80. The summed E-state index contributed by atoms with van der Waals surface area (Å²) in [6.07, 6.45) is 0.267. The van der Waals surface area contributed by atoms with Crippen LogP contribution in [0.2, 0.25) is 0 Å². The summed E-state index contributed by atoms with van der Waals surface area (Å²) in [5.74, 6) is -0.00710. The van der Waals surface area contributed by atoms with Crippen LogP contribution >= 0.6 is 11.3 Å². The summed E-state index contributed by atoms with van der Waals surface area (Å²) < 4.78 is 4.85. The van der Waals surface area contributed by atoms with Crippen molar-refractivity contribution in [2.45, 2.75) is 19.4 Å². The van der Waals surface area contributed by atoms with E-state index in [1.165, 1.54) is 23.3 Å². The Morgan fingerprint density at radius 2 is 2.19 bits per heavy atom. The molecule has 0 saturated carbocycles. The molecule has 1 rings (SSSR count). The predicted octanol–water partition coefficient (Wildman–Crippen LogP) is 0.651. The third-order valence-corrected chi connectivity index (χ3v) is 4.09. The number of thiazole rings is 1. The number of anilines is 2. The lowest BCUT2D eigenvalue weighted by Gasteiger charge is -2.19. The Morgan fingerprint density at radius 1 is 1.52 bits per heavy atom. The fourth-order valence-corrected chi connectivity index (χ4v) is 2.85. The highest BCUT2D eigenvalue weighted by Crippen LogP contribution is 2.28. The van der Waals surface area contributed by atoms with Crippen molar-refractivity contribution in [2.75, 3.05) is 51.5 Å². The van der Waals surface area contributed by atoms with E-state index in [0.29, 0.717) is 4.88 Å². The molecule has 8 heteroatoms. The summed E-state index contributed by atoms with van der Waals surface area (Å²) in [7, 11) is 5.04. The van der Waals surface area contributed by atoms with Gasteiger partial charge in [-0.15, -0.1) is 0 Å². The van der Waals surface area contributed by atoms with Crippen LogP contribution in [0.25, 0.3) is 0 Å². The van der Waals surface area contributed by atoms with Crippen molar-refractivity contribution in [3.05, 3.63) is 4.88 Å². The maximum atomic E-state index is 12.3. The van der Waals surface area contributed by atoms with Gasteiger partial charge >= 0.3 is 0 Å². The molecule has 0 bridgehead atoms. The first-order valence-electron chi connectivity index (χ1n) is 6.80. The number of aliphatic hydroxyl groups excluding tert-OH is 1. The number of likely N-dealkylation sites (N-methyl/N-ethyl adjacent to an activating group) is 1. The van der Waals surface area contributed by atoms with Crippen LogP contribution in [0.4, 0.5) is 10.9 Å². The Labute approximate surface area is 129 Å². The van der Waals surface area contributed by atoms with Gasteiger partial charge in [0.25, 0.3) is 5.91 Å². The number of nitrogens with two attached hydrogens (primary N) is 1. The van der Waals surface area contributed by atoms with Gasteiger partial charge in [-0.2, -0.15) is 0 Å². The number of carbonyl (C=O) groups excluding carboxylic acids is 1. The van der Waals surface area contributed by atoms with E-state index in [0.717, 1.165) is 18.1 Å². The van der Waals surface area contributed by atoms with Gasteiger partial charge in [0.1, 0.15) is 10.7 Å². The molecule has 0 aliphatic rings. The number of amides is 1. The van der Waals surface area contributed by atoms with Crippen molar-refractivity contribution < 1.29 is 14.6 Å². The van der Waals surface area contributed by atoms with Gasteiger partial charge in [0.15, 0.2) is 5.13 Å². The van der Waals surface area contributed by atoms with Crippen molar-refractivity contribution >= 4 is 28.2 Å². The topological polar surface area (TPSA) is 91.9 Å². The lowest BCUT2D eigenvalue weighted by atomic mass is 10.3. The number of aromatic nitrogens is 1. The number of methoxy groups -OCH3 is 1. The predicted molar refractivity (Wildman–Crippen MR) is 84.9 cm³/mol. The van der Waals surface area contributed by atoms with Gasteiger partial charge in [0.2, 0.25) is 0 Å². The van der Waals surface area contributed by atoms with Crippen LogP contribution in [0.5, 0.6) is 0 Å². The minimum Gasteiger partial charge on any atom is -0.389 e. The summed E-state index contributed by atoms with van der Waals surface area (Å²) in [6.45, 7) is 3.29. The lowest BCUT2D eigenvalue weighted by molar-refractivity contribution is 0.0382. The number of rotatable bonds is 8. The molecule has 0 radical (unpaired) electrons. The SMILES string of the molecule is CCCN(C)c1nc(N)c(C(=O)N(C)CC(O)COC)s1. The normalized spacial score (nSPS) is 12.2. The molecule has 7 nitrogen and oxygen atoms in total. The highest BCUT2D eigenvalue weighted by molar-refractivity contribution is 7.18. The van der Waals surface area contributed by atoms with E-state index in [1.54, 1.807) is 7.05 Å². The second-order valence-corrected chi connectivity index (χ2v) is 5.90. The molecule has 1 amide bonds. The van der Waals surface area contributed by atoms with E-state index in [4.69, 9.17) is 10.5 Å². The van der Waals surface area contributed by atoms with E-state index < -0.39 is 6.10 Å². The van der Waals surface area contributed by atoms with Gasteiger partial charge in [0.05, 0.1) is 12.7 Å². The highest BCUT2D eigenvalue weighted by atomic mass is 32.1. The fourth-order valence-electron chi connectivity index (χ4n) is 1.89. The number of nitrogen functional groups attached to an aromatic ring is 1. The molecule has 0 aliphatic carbocycles. The molecule has 21 heavy (non-hydrogen) atoms. The van der Waals surface area contributed by atoms with Gasteiger partial charge in [-0.1, -0.05) is 18.3 Å². The maximum absolute atomic E-state index is 12.3. The number of ether oxygens (including phenoxy) is 1. The zero-order valence-corrected chi connectivity index (χ0v) is 13.8. The van der Waals surface area contributed by atoms with E-state index in [9.17, 15) is 9.90 Å². The molecule has 0 aliphatic heterocycles. The fraction of sp³-hybridized carbons (Fsp3) is 0.692. The first kappa shape index (κ1) is 17.7. The summed E-state index contributed by atoms with van der Waals surface area (Å²) in [5.41, 5.74) is 5.84. The molecule has 120 valence electrons. The van der Waals surface area contributed by atoms with Crippen LogP contribution in [0.15, 0.2) is 0 Å². The third-order valence-electron chi connectivity index (χ3n) is 2.91. The van der Waals surface area contributed by atoms with Crippen LogP contribution in [-0.2, 0) is 4.74 Å². The Balaban J connectivity index is 2.78. The second-order valence-electron chi connectivity index (χ2n) is 4.93. The van der Waals surface area contributed by atoms with Crippen LogP contribution < -0.4 is 10.6 Å². The van der Waals surface area contributed by atoms with E-state index in [2.05, 4.69) is 11.9 Å². The number of carbonyl (C=O) groups is 1. The smallest absolute Gasteiger partial charge is 0.267 e. The maximum Gasteiger partial charge on any atom is 0.267 e. The minimum atomic E-state index is -0.722. The molecule has 1 aromatic rings. The Kier molecular flexibility index (Phi) is 6.86. The minimum absolute atomic E-state index is 0.181. The number of hydrogen-bond acceptors (Lipinski definition) is 7. The second kappa shape index (κ2) is 8.16. The third kappa shape index (κ3) is 4.83. The largest absolute Gasteiger partial charge is 0.389 e. The molecule has 1 unspecified atom stereocenters. The van der Waals surface area contributed by atoms with Gasteiger partial charge in [0, 0.05) is 34.3 Å². The Hall–Kier alpha value is -1.38. The van der Waals surface area contributed by atoms with Crippen LogP contribution in [-0.4, -0.2) is 67.9 Å². The van der Waals surface area contributed by atoms with Crippen LogP contribution in [0.1, 0.15) is 23.0 Å². The lowest BCUT2D eigenvalue weighted by Crippen LogP contribution is -2.36. The first-order chi connectivity index (χ1) is 9.90. The summed E-state index contributed by atoms with van der Waals surface area (Å²) in [5, 5.41) is 10.4. The zero-order chi connectivity index (χ0) is 16.0. The molecule has 1 heterocycles. The quantitative estimate of drug-likeness (QED) is 0.732. The van der Waals surface area contributed by atoms with Gasteiger partial charge in [-0.3, -0.25) is 4.79 Å². The summed E-state index contributed by atoms with van der Waals surface area (Å²) in [6, 6.07) is 0. The molecule has 0 saturated heterocycles. The molecule has 0 fully saturated rings. The molecule has 0 aromatic carbocycles. The van der Waals surface area contributed by atoms with Gasteiger partial charge < -0.3 is 25.4 Å². The van der Waals surface area contributed by atoms with Crippen LogP contribution in [0, 0.1) is 0 Å². The summed E-state index contributed by atoms with van der Waals surface area (Å²) >= 11 is 1.27. The molecule has 0 spiro atoms. The molecular weight excluding hydrogens is 292 g/mol. The van der Waals surface area contributed by atoms with E-state index >= 15 is 0 Å². The standard InChI is InChI=1S/C13H24N4O3S/c1-5-6-16(2)13-15-11(14)10(21-13)12(19)17(3)7-9(18)8-20-4/h9,18H,5-8,14H2,1-4H3. The molecule has 1 aromatic heterocycles. The van der Waals surface area contributed by atoms with E-state index in [-0.39, 0.29) is 24.9 Å². The average molecular weight is 316 g/mol. The van der Waals surface area contributed by atoms with E-state index in [1.807, 2.05) is 11.9 Å². The number of nitrogens with zero attached hydrogens (tertiary/aromatic N) is 3. The number of aliphatic hydroxyl groups is 1. The zero-order valence-electron chi connectivity index (χ0n) is 13.0.